The van der Waals surface area contributed by atoms with Crippen LogP contribution in [-0.2, 0) is 6.54 Å². The molecule has 2 N–H and O–H groups in total. The van der Waals surface area contributed by atoms with Crippen LogP contribution in [0.3, 0.4) is 0 Å². The van der Waals surface area contributed by atoms with Crippen LogP contribution in [0.1, 0.15) is 58.5 Å². The van der Waals surface area contributed by atoms with E-state index >= 15 is 0 Å². The number of aromatic nitrogens is 4. The van der Waals surface area contributed by atoms with Crippen LogP contribution in [0.15, 0.2) is 41.5 Å². The van der Waals surface area contributed by atoms with Gasteiger partial charge in [-0.05, 0) is 76.9 Å². The minimum atomic E-state index is -0.225. The van der Waals surface area contributed by atoms with Gasteiger partial charge in [0.15, 0.2) is 0 Å². The van der Waals surface area contributed by atoms with Crippen molar-refractivity contribution < 1.29 is 4.79 Å². The molecule has 0 aliphatic carbocycles. The first kappa shape index (κ1) is 22.5. The first-order valence-corrected chi connectivity index (χ1v) is 11.1. The molecule has 0 aliphatic heterocycles. The second-order valence-electron chi connectivity index (χ2n) is 8.85. The molecule has 1 amide bonds. The van der Waals surface area contributed by atoms with Gasteiger partial charge in [0.1, 0.15) is 5.82 Å². The largest absolute Gasteiger partial charge is 0.348 e. The third-order valence-electron chi connectivity index (χ3n) is 5.92. The van der Waals surface area contributed by atoms with E-state index in [4.69, 9.17) is 0 Å². The van der Waals surface area contributed by atoms with Gasteiger partial charge >= 0.3 is 0 Å². The fraction of sp³-hybridized carbons (Fsp3) is 0.308. The number of H-pyrrole nitrogens is 1. The number of benzene rings is 1. The van der Waals surface area contributed by atoms with E-state index in [1.54, 1.807) is 6.20 Å². The fourth-order valence-electron chi connectivity index (χ4n) is 4.32. The van der Waals surface area contributed by atoms with E-state index in [2.05, 4.69) is 50.9 Å². The van der Waals surface area contributed by atoms with Gasteiger partial charge in [-0.1, -0.05) is 0 Å². The van der Waals surface area contributed by atoms with Crippen molar-refractivity contribution in [3.63, 3.8) is 0 Å². The van der Waals surface area contributed by atoms with Crippen LogP contribution in [0.25, 0.3) is 22.2 Å². The molecule has 0 saturated heterocycles. The summed E-state index contributed by atoms with van der Waals surface area (Å²) in [5, 5.41) is 3.87. The van der Waals surface area contributed by atoms with Gasteiger partial charge in [0.05, 0.1) is 5.69 Å². The number of aromatic amines is 1. The van der Waals surface area contributed by atoms with E-state index < -0.39 is 0 Å². The predicted molar refractivity (Wildman–Crippen MR) is 131 cm³/mol. The Morgan fingerprint density at radius 1 is 1.12 bits per heavy atom. The van der Waals surface area contributed by atoms with E-state index in [9.17, 15) is 9.59 Å². The van der Waals surface area contributed by atoms with Crippen molar-refractivity contribution in [1.82, 2.24) is 24.8 Å². The highest BCUT2D eigenvalue weighted by Gasteiger charge is 2.19. The summed E-state index contributed by atoms with van der Waals surface area (Å²) >= 11 is 0. The summed E-state index contributed by atoms with van der Waals surface area (Å²) in [6.07, 6.45) is 3.80. The van der Waals surface area contributed by atoms with Gasteiger partial charge in [0, 0.05) is 58.3 Å². The molecule has 33 heavy (non-hydrogen) atoms. The molecule has 0 unspecified atom stereocenters. The number of carbonyl (C=O) groups is 1. The van der Waals surface area contributed by atoms with Crippen molar-refractivity contribution in [2.24, 2.45) is 0 Å². The Morgan fingerprint density at radius 3 is 2.55 bits per heavy atom. The van der Waals surface area contributed by atoms with Gasteiger partial charge in [-0.2, -0.15) is 0 Å². The number of nitrogens with one attached hydrogen (secondary N) is 2. The zero-order valence-electron chi connectivity index (χ0n) is 19.9. The van der Waals surface area contributed by atoms with E-state index in [1.807, 2.05) is 45.9 Å². The molecule has 7 heteroatoms. The maximum atomic E-state index is 13.4. The molecule has 1 aromatic carbocycles. The van der Waals surface area contributed by atoms with Crippen LogP contribution in [0.2, 0.25) is 0 Å². The number of pyridine rings is 1. The molecule has 0 spiro atoms. The Morgan fingerprint density at radius 2 is 1.88 bits per heavy atom. The number of rotatable bonds is 5. The lowest BCUT2D eigenvalue weighted by molar-refractivity contribution is 0.0952. The van der Waals surface area contributed by atoms with E-state index in [0.29, 0.717) is 17.0 Å². The quantitative estimate of drug-likeness (QED) is 0.474. The number of fused-ring (bicyclic) bond motifs is 1. The Kier molecular flexibility index (Phi) is 5.89. The molecular weight excluding hydrogens is 414 g/mol. The molecule has 0 atom stereocenters. The standard InChI is InChI=1S/C26H29N5O2/c1-14(2)31-13-16(4)24-20(10-19(11-23(24)31)22-7-8-27-18(6)30-22)25(32)28-12-21-15(3)9-17(5)29-26(21)33/h7-11,13-14H,12H2,1-6H3,(H,28,32)(H,29,33). The summed E-state index contributed by atoms with van der Waals surface area (Å²) in [5.74, 6) is 0.444. The van der Waals surface area contributed by atoms with Crippen molar-refractivity contribution >= 4 is 16.8 Å². The molecule has 0 saturated carbocycles. The average molecular weight is 444 g/mol. The molecular formula is C26H29N5O2. The van der Waals surface area contributed by atoms with Crippen molar-refractivity contribution in [1.29, 1.82) is 0 Å². The van der Waals surface area contributed by atoms with E-state index in [1.165, 1.54) is 0 Å². The minimum Gasteiger partial charge on any atom is -0.348 e. The Hall–Kier alpha value is -3.74. The number of nitrogens with zero attached hydrogens (tertiary/aromatic N) is 3. The number of aryl methyl sites for hydroxylation is 4. The van der Waals surface area contributed by atoms with Crippen LogP contribution in [0.4, 0.5) is 0 Å². The average Bonchev–Trinajstić information content (AvgIpc) is 3.09. The van der Waals surface area contributed by atoms with E-state index in [0.717, 1.165) is 39.0 Å². The maximum Gasteiger partial charge on any atom is 0.253 e. The zero-order valence-corrected chi connectivity index (χ0v) is 19.9. The molecule has 0 fully saturated rings. The Labute approximate surface area is 192 Å². The van der Waals surface area contributed by atoms with Crippen LogP contribution in [0, 0.1) is 27.7 Å². The summed E-state index contributed by atoms with van der Waals surface area (Å²) in [5.41, 5.74) is 6.22. The molecule has 3 heterocycles. The maximum absolute atomic E-state index is 13.4. The smallest absolute Gasteiger partial charge is 0.253 e. The normalized spacial score (nSPS) is 11.4. The van der Waals surface area contributed by atoms with Gasteiger partial charge in [0.2, 0.25) is 0 Å². The molecule has 7 nitrogen and oxygen atoms in total. The predicted octanol–water partition coefficient (Wildman–Crippen LogP) is 4.53. The molecule has 3 aromatic heterocycles. The third-order valence-corrected chi connectivity index (χ3v) is 5.92. The highest BCUT2D eigenvalue weighted by molar-refractivity contribution is 6.09. The highest BCUT2D eigenvalue weighted by Crippen LogP contribution is 2.32. The van der Waals surface area contributed by atoms with Crippen LogP contribution in [0.5, 0.6) is 0 Å². The molecule has 0 bridgehead atoms. The molecule has 0 radical (unpaired) electrons. The Bertz CT molecular complexity index is 1430. The van der Waals surface area contributed by atoms with Crippen LogP contribution < -0.4 is 10.9 Å². The SMILES string of the molecule is Cc1nccc(-c2cc(C(=O)NCc3c(C)cc(C)[nH]c3=O)c3c(C)cn(C(C)C)c3c2)n1. The highest BCUT2D eigenvalue weighted by atomic mass is 16.1. The van der Waals surface area contributed by atoms with E-state index in [-0.39, 0.29) is 24.1 Å². The number of hydrogen-bond acceptors (Lipinski definition) is 4. The topological polar surface area (TPSA) is 92.7 Å². The zero-order chi connectivity index (χ0) is 23.9. The summed E-state index contributed by atoms with van der Waals surface area (Å²) in [7, 11) is 0. The van der Waals surface area contributed by atoms with Gasteiger partial charge in [0.25, 0.3) is 11.5 Å². The lowest BCUT2D eigenvalue weighted by Gasteiger charge is -2.14. The lowest BCUT2D eigenvalue weighted by Crippen LogP contribution is -2.28. The van der Waals surface area contributed by atoms with Gasteiger partial charge in [-0.3, -0.25) is 9.59 Å². The van der Waals surface area contributed by atoms with Crippen LogP contribution >= 0.6 is 0 Å². The van der Waals surface area contributed by atoms with Crippen molar-refractivity contribution in [2.45, 2.75) is 54.1 Å². The molecule has 4 aromatic rings. The second-order valence-corrected chi connectivity index (χ2v) is 8.85. The number of hydrogen-bond donors (Lipinski definition) is 2. The third kappa shape index (κ3) is 4.31. The Balaban J connectivity index is 1.82. The summed E-state index contributed by atoms with van der Waals surface area (Å²) in [4.78, 5) is 37.4. The van der Waals surface area contributed by atoms with Gasteiger partial charge in [-0.25, -0.2) is 9.97 Å². The summed E-state index contributed by atoms with van der Waals surface area (Å²) in [6.45, 7) is 12.0. The number of carbonyl (C=O) groups excluding carboxylic acids is 1. The van der Waals surface area contributed by atoms with Gasteiger partial charge < -0.3 is 14.9 Å². The van der Waals surface area contributed by atoms with Gasteiger partial charge in [-0.15, -0.1) is 0 Å². The number of amides is 1. The molecule has 0 aliphatic rings. The lowest BCUT2D eigenvalue weighted by atomic mass is 10.0. The van der Waals surface area contributed by atoms with Crippen molar-refractivity contribution in [3.8, 4) is 11.3 Å². The first-order chi connectivity index (χ1) is 15.7. The van der Waals surface area contributed by atoms with Crippen LogP contribution in [-0.4, -0.2) is 25.4 Å². The first-order valence-electron chi connectivity index (χ1n) is 11.1. The fourth-order valence-corrected chi connectivity index (χ4v) is 4.32. The monoisotopic (exact) mass is 443 g/mol. The van der Waals surface area contributed by atoms with Crippen molar-refractivity contribution in [3.05, 3.63) is 80.8 Å². The van der Waals surface area contributed by atoms with Crippen molar-refractivity contribution in [2.75, 3.05) is 0 Å². The minimum absolute atomic E-state index is 0.155. The second kappa shape index (κ2) is 8.65. The molecule has 170 valence electrons. The molecule has 4 rings (SSSR count). The summed E-state index contributed by atoms with van der Waals surface area (Å²) < 4.78 is 2.17. The summed E-state index contributed by atoms with van der Waals surface area (Å²) in [6, 6.07) is 7.94.